The topological polar surface area (TPSA) is 30.5 Å². The lowest BCUT2D eigenvalue weighted by Gasteiger charge is -2.22. The Hall–Kier alpha value is -1.68. The van der Waals surface area contributed by atoms with E-state index in [-0.39, 0.29) is 6.29 Å². The molecule has 0 heterocycles. The Labute approximate surface area is 139 Å². The first-order chi connectivity index (χ1) is 11.3. The third-order valence-electron chi connectivity index (χ3n) is 3.77. The van der Waals surface area contributed by atoms with Crippen LogP contribution in [0.5, 0.6) is 0 Å². The quantitative estimate of drug-likeness (QED) is 0.677. The molecule has 0 aliphatic rings. The van der Waals surface area contributed by atoms with Crippen LogP contribution in [0.25, 0.3) is 0 Å². The molecule has 0 bridgehead atoms. The zero-order valence-corrected chi connectivity index (χ0v) is 14.1. The molecule has 0 saturated heterocycles. The molecular weight excluding hydrogens is 286 g/mol. The molecule has 0 amide bonds. The Morgan fingerprint density at radius 1 is 0.739 bits per heavy atom. The van der Waals surface area contributed by atoms with Crippen LogP contribution in [-0.4, -0.2) is 32.6 Å². The van der Waals surface area contributed by atoms with Crippen molar-refractivity contribution in [3.8, 4) is 0 Å². The molecule has 23 heavy (non-hydrogen) atoms. The van der Waals surface area contributed by atoms with E-state index in [1.165, 1.54) is 11.1 Å². The molecule has 0 radical (unpaired) electrons. The summed E-state index contributed by atoms with van der Waals surface area (Å²) >= 11 is 0. The smallest absolute Gasteiger partial charge is 0.169 e. The van der Waals surface area contributed by atoms with Crippen LogP contribution < -0.4 is 5.32 Å². The van der Waals surface area contributed by atoms with Gasteiger partial charge in [-0.05, 0) is 25.0 Å². The van der Waals surface area contributed by atoms with Gasteiger partial charge in [-0.25, -0.2) is 0 Å². The summed E-state index contributed by atoms with van der Waals surface area (Å²) in [5, 5.41) is 3.50. The number of rotatable bonds is 10. The third kappa shape index (κ3) is 5.79. The maximum atomic E-state index is 5.59. The number of ether oxygens (including phenoxy) is 2. The second kappa shape index (κ2) is 10.2. The monoisotopic (exact) mass is 313 g/mol. The summed E-state index contributed by atoms with van der Waals surface area (Å²) in [6.07, 6.45) is -0.183. The minimum absolute atomic E-state index is 0.183. The summed E-state index contributed by atoms with van der Waals surface area (Å²) < 4.78 is 11.2. The lowest BCUT2D eigenvalue weighted by atomic mass is 9.91. The van der Waals surface area contributed by atoms with Gasteiger partial charge in [0.25, 0.3) is 0 Å². The van der Waals surface area contributed by atoms with Crippen LogP contribution >= 0.6 is 0 Å². The van der Waals surface area contributed by atoms with Crippen LogP contribution in [0.15, 0.2) is 60.7 Å². The molecule has 3 nitrogen and oxygen atoms in total. The van der Waals surface area contributed by atoms with Gasteiger partial charge in [0.15, 0.2) is 6.29 Å². The predicted octanol–water partition coefficient (Wildman–Crippen LogP) is 3.81. The van der Waals surface area contributed by atoms with Gasteiger partial charge in [-0.3, -0.25) is 0 Å². The second-order valence-corrected chi connectivity index (χ2v) is 5.37. The van der Waals surface area contributed by atoms with Crippen molar-refractivity contribution in [2.24, 2.45) is 0 Å². The van der Waals surface area contributed by atoms with Crippen molar-refractivity contribution in [1.82, 2.24) is 5.32 Å². The Morgan fingerprint density at radius 2 is 1.22 bits per heavy atom. The van der Waals surface area contributed by atoms with Gasteiger partial charge in [-0.2, -0.15) is 0 Å². The molecule has 0 aliphatic carbocycles. The van der Waals surface area contributed by atoms with E-state index in [0.717, 1.165) is 6.54 Å². The van der Waals surface area contributed by atoms with Crippen LogP contribution in [0.3, 0.4) is 0 Å². The Bertz CT molecular complexity index is 484. The normalized spacial score (nSPS) is 11.3. The molecule has 0 unspecified atom stereocenters. The van der Waals surface area contributed by atoms with Gasteiger partial charge in [0, 0.05) is 32.2 Å². The molecule has 2 aromatic carbocycles. The van der Waals surface area contributed by atoms with Crippen molar-refractivity contribution in [1.29, 1.82) is 0 Å². The van der Waals surface area contributed by atoms with E-state index < -0.39 is 0 Å². The molecular formula is C20H27NO2. The van der Waals surface area contributed by atoms with Crippen molar-refractivity contribution in [2.45, 2.75) is 26.1 Å². The van der Waals surface area contributed by atoms with E-state index >= 15 is 0 Å². The number of nitrogens with one attached hydrogen (secondary N) is 1. The van der Waals surface area contributed by atoms with E-state index in [0.29, 0.717) is 25.7 Å². The highest BCUT2D eigenvalue weighted by Gasteiger charge is 2.15. The first kappa shape index (κ1) is 17.7. The number of hydrogen-bond acceptors (Lipinski definition) is 3. The molecule has 3 heteroatoms. The van der Waals surface area contributed by atoms with E-state index in [1.807, 2.05) is 13.8 Å². The lowest BCUT2D eigenvalue weighted by Crippen LogP contribution is -2.34. The number of benzene rings is 2. The highest BCUT2D eigenvalue weighted by molar-refractivity contribution is 5.32. The van der Waals surface area contributed by atoms with Crippen LogP contribution in [0.4, 0.5) is 0 Å². The van der Waals surface area contributed by atoms with Crippen molar-refractivity contribution in [3.05, 3.63) is 71.8 Å². The van der Waals surface area contributed by atoms with Crippen LogP contribution in [0.2, 0.25) is 0 Å². The van der Waals surface area contributed by atoms with Crippen LogP contribution in [0, 0.1) is 0 Å². The van der Waals surface area contributed by atoms with E-state index in [9.17, 15) is 0 Å². The minimum Gasteiger partial charge on any atom is -0.352 e. The van der Waals surface area contributed by atoms with Gasteiger partial charge in [0.1, 0.15) is 0 Å². The summed E-state index contributed by atoms with van der Waals surface area (Å²) in [6.45, 7) is 6.84. The average Bonchev–Trinajstić information content (AvgIpc) is 2.60. The Morgan fingerprint density at radius 3 is 1.65 bits per heavy atom. The molecule has 0 fully saturated rings. The zero-order valence-electron chi connectivity index (χ0n) is 14.1. The minimum atomic E-state index is -0.183. The highest BCUT2D eigenvalue weighted by Crippen LogP contribution is 2.23. The Balaban J connectivity index is 2.01. The van der Waals surface area contributed by atoms with Crippen molar-refractivity contribution in [3.63, 3.8) is 0 Å². The summed E-state index contributed by atoms with van der Waals surface area (Å²) in [6, 6.07) is 21.2. The molecule has 0 atom stereocenters. The Kier molecular flexibility index (Phi) is 7.81. The first-order valence-corrected chi connectivity index (χ1v) is 8.39. The molecule has 2 rings (SSSR count). The molecule has 1 N–H and O–H groups in total. The van der Waals surface area contributed by atoms with Crippen LogP contribution in [0.1, 0.15) is 30.9 Å². The molecule has 0 spiro atoms. The van der Waals surface area contributed by atoms with E-state index in [1.54, 1.807) is 0 Å². The number of hydrogen-bond donors (Lipinski definition) is 1. The zero-order chi connectivity index (χ0) is 16.3. The molecule has 124 valence electrons. The molecule has 0 aliphatic heterocycles. The SMILES string of the molecule is CCOC(CNCC(c1ccccc1)c1ccccc1)OCC. The largest absolute Gasteiger partial charge is 0.352 e. The van der Waals surface area contributed by atoms with Gasteiger partial charge in [0.2, 0.25) is 0 Å². The predicted molar refractivity (Wildman–Crippen MR) is 94.6 cm³/mol. The van der Waals surface area contributed by atoms with Gasteiger partial charge < -0.3 is 14.8 Å². The summed E-state index contributed by atoms with van der Waals surface area (Å²) in [4.78, 5) is 0. The fraction of sp³-hybridized carbons (Fsp3) is 0.400. The second-order valence-electron chi connectivity index (χ2n) is 5.37. The van der Waals surface area contributed by atoms with Gasteiger partial charge in [-0.15, -0.1) is 0 Å². The summed E-state index contributed by atoms with van der Waals surface area (Å²) in [5.41, 5.74) is 2.63. The fourth-order valence-corrected chi connectivity index (χ4v) is 2.68. The van der Waals surface area contributed by atoms with E-state index in [4.69, 9.17) is 9.47 Å². The van der Waals surface area contributed by atoms with Crippen molar-refractivity contribution >= 4 is 0 Å². The van der Waals surface area contributed by atoms with Crippen molar-refractivity contribution in [2.75, 3.05) is 26.3 Å². The van der Waals surface area contributed by atoms with E-state index in [2.05, 4.69) is 66.0 Å². The standard InChI is InChI=1S/C20H27NO2/c1-3-22-20(23-4-2)16-21-15-19(17-11-7-5-8-12-17)18-13-9-6-10-14-18/h5-14,19-21H,3-4,15-16H2,1-2H3. The maximum Gasteiger partial charge on any atom is 0.169 e. The lowest BCUT2D eigenvalue weighted by molar-refractivity contribution is -0.132. The first-order valence-electron chi connectivity index (χ1n) is 8.39. The van der Waals surface area contributed by atoms with Gasteiger partial charge in [0.05, 0.1) is 0 Å². The highest BCUT2D eigenvalue weighted by atomic mass is 16.7. The molecule has 2 aromatic rings. The van der Waals surface area contributed by atoms with Crippen molar-refractivity contribution < 1.29 is 9.47 Å². The maximum absolute atomic E-state index is 5.59. The van der Waals surface area contributed by atoms with Gasteiger partial charge in [-0.1, -0.05) is 60.7 Å². The summed E-state index contributed by atoms with van der Waals surface area (Å²) in [7, 11) is 0. The molecule has 0 aromatic heterocycles. The fourth-order valence-electron chi connectivity index (χ4n) is 2.68. The summed E-state index contributed by atoms with van der Waals surface area (Å²) in [5.74, 6) is 0.321. The van der Waals surface area contributed by atoms with Crippen LogP contribution in [-0.2, 0) is 9.47 Å². The van der Waals surface area contributed by atoms with Gasteiger partial charge >= 0.3 is 0 Å². The third-order valence-corrected chi connectivity index (χ3v) is 3.77. The molecule has 0 saturated carbocycles. The average molecular weight is 313 g/mol.